The van der Waals surface area contributed by atoms with E-state index in [2.05, 4.69) is 0 Å². The SMILES string of the molecule is COc1ccc(C(=N)N)cc1COc1c(F)cccc1Cl. The average Bonchev–Trinajstić information content (AvgIpc) is 2.46. The molecule has 0 heterocycles. The number of para-hydroxylation sites is 1. The number of methoxy groups -OCH3 is 1. The first kappa shape index (κ1) is 15.1. The van der Waals surface area contributed by atoms with Crippen molar-refractivity contribution in [2.45, 2.75) is 6.61 Å². The minimum atomic E-state index is -0.538. The molecule has 0 aliphatic rings. The maximum absolute atomic E-state index is 13.6. The number of amidine groups is 1. The van der Waals surface area contributed by atoms with E-state index in [9.17, 15) is 4.39 Å². The third-order valence-electron chi connectivity index (χ3n) is 2.88. The van der Waals surface area contributed by atoms with E-state index in [1.54, 1.807) is 24.3 Å². The van der Waals surface area contributed by atoms with E-state index in [1.165, 1.54) is 19.2 Å². The van der Waals surface area contributed by atoms with Crippen LogP contribution >= 0.6 is 11.6 Å². The third-order valence-corrected chi connectivity index (χ3v) is 3.18. The van der Waals surface area contributed by atoms with Crippen molar-refractivity contribution in [2.75, 3.05) is 7.11 Å². The van der Waals surface area contributed by atoms with Crippen molar-refractivity contribution < 1.29 is 13.9 Å². The molecule has 0 aliphatic carbocycles. The van der Waals surface area contributed by atoms with Crippen LogP contribution in [0.15, 0.2) is 36.4 Å². The van der Waals surface area contributed by atoms with Gasteiger partial charge in [0.25, 0.3) is 0 Å². The van der Waals surface area contributed by atoms with Crippen LogP contribution in [0.4, 0.5) is 4.39 Å². The van der Waals surface area contributed by atoms with Crippen molar-refractivity contribution in [3.8, 4) is 11.5 Å². The highest BCUT2D eigenvalue weighted by molar-refractivity contribution is 6.32. The van der Waals surface area contributed by atoms with Crippen LogP contribution in [0.2, 0.25) is 5.02 Å². The second kappa shape index (κ2) is 6.45. The number of nitrogens with one attached hydrogen (secondary N) is 1. The molecule has 0 saturated carbocycles. The predicted octanol–water partition coefficient (Wildman–Crippen LogP) is 3.35. The van der Waals surface area contributed by atoms with Gasteiger partial charge in [-0.15, -0.1) is 0 Å². The number of hydrogen-bond donors (Lipinski definition) is 2. The van der Waals surface area contributed by atoms with Gasteiger partial charge in [-0.05, 0) is 30.3 Å². The summed E-state index contributed by atoms with van der Waals surface area (Å²) in [5.41, 5.74) is 6.63. The summed E-state index contributed by atoms with van der Waals surface area (Å²) in [6.45, 7) is 0.0466. The number of nitrogen functional groups attached to an aromatic ring is 1. The molecule has 21 heavy (non-hydrogen) atoms. The fraction of sp³-hybridized carbons (Fsp3) is 0.133. The van der Waals surface area contributed by atoms with Gasteiger partial charge in [0.2, 0.25) is 0 Å². The van der Waals surface area contributed by atoms with Crippen LogP contribution in [0.3, 0.4) is 0 Å². The molecule has 6 heteroatoms. The standard InChI is InChI=1S/C15H14ClFN2O2/c1-20-13-6-5-9(15(18)19)7-10(13)8-21-14-11(16)3-2-4-12(14)17/h2-7H,8H2,1H3,(H3,18,19). The molecule has 0 spiro atoms. The molecule has 0 aromatic heterocycles. The molecule has 0 amide bonds. The zero-order valence-corrected chi connectivity index (χ0v) is 12.1. The molecule has 0 fully saturated rings. The Morgan fingerprint density at radius 3 is 2.71 bits per heavy atom. The second-order valence-electron chi connectivity index (χ2n) is 4.28. The van der Waals surface area contributed by atoms with Crippen LogP contribution in [-0.4, -0.2) is 12.9 Å². The summed E-state index contributed by atoms with van der Waals surface area (Å²) < 4.78 is 24.3. The molecule has 0 bridgehead atoms. The largest absolute Gasteiger partial charge is 0.496 e. The number of benzene rings is 2. The lowest BCUT2D eigenvalue weighted by atomic mass is 10.1. The maximum atomic E-state index is 13.6. The summed E-state index contributed by atoms with van der Waals surface area (Å²) in [5, 5.41) is 7.63. The highest BCUT2D eigenvalue weighted by atomic mass is 35.5. The van der Waals surface area contributed by atoms with Gasteiger partial charge in [0, 0.05) is 11.1 Å². The molecule has 0 unspecified atom stereocenters. The quantitative estimate of drug-likeness (QED) is 0.657. The zero-order valence-electron chi connectivity index (χ0n) is 11.3. The normalized spacial score (nSPS) is 10.2. The van der Waals surface area contributed by atoms with E-state index in [0.717, 1.165) is 0 Å². The van der Waals surface area contributed by atoms with E-state index in [0.29, 0.717) is 16.9 Å². The van der Waals surface area contributed by atoms with Crippen molar-refractivity contribution >= 4 is 17.4 Å². The molecule has 3 N–H and O–H groups in total. The van der Waals surface area contributed by atoms with Gasteiger partial charge in [-0.3, -0.25) is 5.41 Å². The number of rotatable bonds is 5. The summed E-state index contributed by atoms with van der Waals surface area (Å²) >= 11 is 5.90. The molecular weight excluding hydrogens is 295 g/mol. The van der Waals surface area contributed by atoms with Gasteiger partial charge >= 0.3 is 0 Å². The molecule has 4 nitrogen and oxygen atoms in total. The summed E-state index contributed by atoms with van der Waals surface area (Å²) in [6.07, 6.45) is 0. The Hall–Kier alpha value is -2.27. The van der Waals surface area contributed by atoms with Crippen LogP contribution in [-0.2, 0) is 6.61 Å². The molecule has 0 aliphatic heterocycles. The van der Waals surface area contributed by atoms with Crippen LogP contribution in [0.5, 0.6) is 11.5 Å². The Balaban J connectivity index is 2.26. The second-order valence-corrected chi connectivity index (χ2v) is 4.69. The summed E-state index contributed by atoms with van der Waals surface area (Å²) in [7, 11) is 1.52. The third kappa shape index (κ3) is 3.44. The van der Waals surface area contributed by atoms with E-state index >= 15 is 0 Å². The van der Waals surface area contributed by atoms with Gasteiger partial charge < -0.3 is 15.2 Å². The molecular formula is C15H14ClFN2O2. The Morgan fingerprint density at radius 2 is 2.10 bits per heavy atom. The van der Waals surface area contributed by atoms with Crippen LogP contribution in [0.25, 0.3) is 0 Å². The fourth-order valence-corrected chi connectivity index (χ4v) is 2.05. The van der Waals surface area contributed by atoms with Gasteiger partial charge in [-0.25, -0.2) is 4.39 Å². The minimum Gasteiger partial charge on any atom is -0.496 e. The average molecular weight is 309 g/mol. The minimum absolute atomic E-state index is 0.0190. The first-order valence-electron chi connectivity index (χ1n) is 6.11. The van der Waals surface area contributed by atoms with Gasteiger partial charge in [0.1, 0.15) is 18.2 Å². The Morgan fingerprint density at radius 1 is 1.33 bits per heavy atom. The summed E-state index contributed by atoms with van der Waals surface area (Å²) in [5.74, 6) is -0.0612. The van der Waals surface area contributed by atoms with Crippen LogP contribution in [0.1, 0.15) is 11.1 Å². The smallest absolute Gasteiger partial charge is 0.174 e. The first-order valence-corrected chi connectivity index (χ1v) is 6.49. The van der Waals surface area contributed by atoms with Gasteiger partial charge in [-0.1, -0.05) is 17.7 Å². The number of ether oxygens (including phenoxy) is 2. The van der Waals surface area contributed by atoms with Gasteiger partial charge in [0.15, 0.2) is 11.6 Å². The van der Waals surface area contributed by atoms with Gasteiger partial charge in [0.05, 0.1) is 12.1 Å². The maximum Gasteiger partial charge on any atom is 0.174 e. The Kier molecular flexibility index (Phi) is 4.65. The molecule has 0 atom stereocenters. The molecule has 0 saturated heterocycles. The molecule has 110 valence electrons. The van der Waals surface area contributed by atoms with E-state index in [1.807, 2.05) is 0 Å². The van der Waals surface area contributed by atoms with Crippen molar-refractivity contribution in [3.05, 3.63) is 58.4 Å². The van der Waals surface area contributed by atoms with E-state index < -0.39 is 5.82 Å². The molecule has 2 aromatic rings. The van der Waals surface area contributed by atoms with Gasteiger partial charge in [-0.2, -0.15) is 0 Å². The van der Waals surface area contributed by atoms with E-state index in [4.69, 9.17) is 32.2 Å². The van der Waals surface area contributed by atoms with Crippen molar-refractivity contribution in [1.29, 1.82) is 5.41 Å². The zero-order chi connectivity index (χ0) is 15.4. The van der Waals surface area contributed by atoms with Crippen LogP contribution < -0.4 is 15.2 Å². The highest BCUT2D eigenvalue weighted by Crippen LogP contribution is 2.29. The lowest BCUT2D eigenvalue weighted by Gasteiger charge is -2.13. The summed E-state index contributed by atoms with van der Waals surface area (Å²) in [4.78, 5) is 0. The molecule has 2 rings (SSSR count). The topological polar surface area (TPSA) is 68.3 Å². The Labute approximate surface area is 126 Å². The lowest BCUT2D eigenvalue weighted by Crippen LogP contribution is -2.12. The van der Waals surface area contributed by atoms with Crippen molar-refractivity contribution in [3.63, 3.8) is 0 Å². The van der Waals surface area contributed by atoms with E-state index in [-0.39, 0.29) is 23.2 Å². The Bertz CT molecular complexity index is 656. The molecule has 2 aromatic carbocycles. The number of hydrogen-bond acceptors (Lipinski definition) is 3. The predicted molar refractivity (Wildman–Crippen MR) is 79.8 cm³/mol. The van der Waals surface area contributed by atoms with Crippen molar-refractivity contribution in [1.82, 2.24) is 0 Å². The molecule has 0 radical (unpaired) electrons. The fourth-order valence-electron chi connectivity index (χ4n) is 1.83. The monoisotopic (exact) mass is 308 g/mol. The number of nitrogens with two attached hydrogens (primary N) is 1. The first-order chi connectivity index (χ1) is 10.0. The lowest BCUT2D eigenvalue weighted by molar-refractivity contribution is 0.283. The van der Waals surface area contributed by atoms with Crippen LogP contribution in [0, 0.1) is 11.2 Å². The highest BCUT2D eigenvalue weighted by Gasteiger charge is 2.11. The summed E-state index contributed by atoms with van der Waals surface area (Å²) in [6, 6.07) is 9.32. The van der Waals surface area contributed by atoms with Crippen molar-refractivity contribution in [2.24, 2.45) is 5.73 Å². The number of halogens is 2.